The Morgan fingerprint density at radius 3 is 3.05 bits per heavy atom. The second kappa shape index (κ2) is 5.83. The van der Waals surface area contributed by atoms with E-state index in [-0.39, 0.29) is 18.1 Å². The lowest BCUT2D eigenvalue weighted by atomic mass is 10.1. The molecule has 2 atom stereocenters. The van der Waals surface area contributed by atoms with Crippen molar-refractivity contribution in [1.82, 2.24) is 20.1 Å². The molecule has 3 rings (SSSR count). The number of hydrogen-bond donors (Lipinski definition) is 1. The topological polar surface area (TPSA) is 69.0 Å². The molecule has 1 aliphatic heterocycles. The van der Waals surface area contributed by atoms with Gasteiger partial charge in [0.1, 0.15) is 6.10 Å². The van der Waals surface area contributed by atoms with Gasteiger partial charge in [-0.05, 0) is 18.6 Å². The zero-order chi connectivity index (χ0) is 14.8. The lowest BCUT2D eigenvalue weighted by Gasteiger charge is -2.20. The smallest absolute Gasteiger partial charge is 0.253 e. The Bertz CT molecular complexity index is 658. The van der Waals surface area contributed by atoms with Crippen LogP contribution in [0.15, 0.2) is 30.7 Å². The van der Waals surface area contributed by atoms with Crippen LogP contribution in [-0.4, -0.2) is 33.3 Å². The molecule has 1 aliphatic rings. The summed E-state index contributed by atoms with van der Waals surface area (Å²) in [6, 6.07) is 3.40. The summed E-state index contributed by atoms with van der Waals surface area (Å²) in [6.07, 6.45) is 5.28. The summed E-state index contributed by atoms with van der Waals surface area (Å²) in [5, 5.41) is 7.46. The Morgan fingerprint density at radius 1 is 1.48 bits per heavy atom. The molecule has 0 spiro atoms. The number of carbonyl (C=O) groups is 1. The molecule has 110 valence electrons. The number of aryl methyl sites for hydroxylation is 1. The van der Waals surface area contributed by atoms with Gasteiger partial charge in [-0.2, -0.15) is 5.10 Å². The van der Waals surface area contributed by atoms with Gasteiger partial charge in [0.25, 0.3) is 5.91 Å². The number of nitrogens with one attached hydrogen (secondary N) is 1. The third-order valence-corrected chi connectivity index (χ3v) is 3.88. The lowest BCUT2D eigenvalue weighted by molar-refractivity contribution is 0.0792. The molecule has 0 aromatic carbocycles. The van der Waals surface area contributed by atoms with Crippen LogP contribution in [0.25, 0.3) is 0 Å². The van der Waals surface area contributed by atoms with E-state index in [4.69, 9.17) is 16.3 Å². The summed E-state index contributed by atoms with van der Waals surface area (Å²) in [7, 11) is 1.86. The molecule has 21 heavy (non-hydrogen) atoms. The minimum atomic E-state index is -0.218. The highest BCUT2D eigenvalue weighted by Crippen LogP contribution is 2.29. The van der Waals surface area contributed by atoms with Gasteiger partial charge in [0, 0.05) is 32.2 Å². The quantitative estimate of drug-likeness (QED) is 0.937. The third kappa shape index (κ3) is 2.77. The maximum absolute atomic E-state index is 12.3. The number of nitrogens with zero attached hydrogens (tertiary/aromatic N) is 3. The van der Waals surface area contributed by atoms with Crippen LogP contribution in [0.4, 0.5) is 0 Å². The average molecular weight is 307 g/mol. The van der Waals surface area contributed by atoms with Crippen LogP contribution in [-0.2, 0) is 11.8 Å². The highest BCUT2D eigenvalue weighted by Gasteiger charge is 2.33. The summed E-state index contributed by atoms with van der Waals surface area (Å²) in [5.74, 6) is -0.218. The summed E-state index contributed by atoms with van der Waals surface area (Å²) in [6.45, 7) is 0.602. The van der Waals surface area contributed by atoms with Gasteiger partial charge in [0.2, 0.25) is 0 Å². The van der Waals surface area contributed by atoms with Gasteiger partial charge in [0.05, 0.1) is 22.3 Å². The Hall–Kier alpha value is -1.92. The zero-order valence-corrected chi connectivity index (χ0v) is 12.2. The van der Waals surface area contributed by atoms with E-state index in [0.29, 0.717) is 17.2 Å². The van der Waals surface area contributed by atoms with Gasteiger partial charge >= 0.3 is 0 Å². The fraction of sp³-hybridized carbons (Fsp3) is 0.357. The first-order valence-electron chi connectivity index (χ1n) is 6.66. The lowest BCUT2D eigenvalue weighted by Crippen LogP contribution is -2.37. The Labute approximate surface area is 127 Å². The van der Waals surface area contributed by atoms with E-state index < -0.39 is 0 Å². The molecule has 0 aliphatic carbocycles. The van der Waals surface area contributed by atoms with E-state index in [9.17, 15) is 4.79 Å². The second-order valence-corrected chi connectivity index (χ2v) is 5.30. The maximum atomic E-state index is 12.3. The van der Waals surface area contributed by atoms with Gasteiger partial charge in [-0.1, -0.05) is 11.6 Å². The van der Waals surface area contributed by atoms with Crippen molar-refractivity contribution in [3.63, 3.8) is 0 Å². The van der Waals surface area contributed by atoms with Crippen LogP contribution in [0.5, 0.6) is 0 Å². The highest BCUT2D eigenvalue weighted by molar-refractivity contribution is 6.33. The van der Waals surface area contributed by atoms with Gasteiger partial charge in [-0.25, -0.2) is 0 Å². The van der Waals surface area contributed by atoms with E-state index in [0.717, 1.165) is 12.1 Å². The van der Waals surface area contributed by atoms with E-state index in [1.165, 1.54) is 6.20 Å². The van der Waals surface area contributed by atoms with Crippen molar-refractivity contribution in [2.24, 2.45) is 7.05 Å². The largest absolute Gasteiger partial charge is 0.370 e. The predicted octanol–water partition coefficient (Wildman–Crippen LogP) is 1.73. The maximum Gasteiger partial charge on any atom is 0.253 e. The van der Waals surface area contributed by atoms with Crippen molar-refractivity contribution >= 4 is 17.5 Å². The molecule has 1 amide bonds. The second-order valence-electron chi connectivity index (χ2n) is 4.90. The fourth-order valence-corrected chi connectivity index (χ4v) is 2.70. The minimum Gasteiger partial charge on any atom is -0.370 e. The normalized spacial score (nSPS) is 21.4. The molecule has 0 saturated carbocycles. The first kappa shape index (κ1) is 14.0. The number of ether oxygens (including phenoxy) is 1. The fourth-order valence-electron chi connectivity index (χ4n) is 2.50. The number of aromatic nitrogens is 3. The number of carbonyl (C=O) groups excluding carboxylic acids is 1. The number of halogens is 1. The van der Waals surface area contributed by atoms with E-state index >= 15 is 0 Å². The predicted molar refractivity (Wildman–Crippen MR) is 77.0 cm³/mol. The van der Waals surface area contributed by atoms with Crippen LogP contribution in [0.2, 0.25) is 5.02 Å². The Kier molecular flexibility index (Phi) is 3.90. The minimum absolute atomic E-state index is 0.0999. The van der Waals surface area contributed by atoms with Crippen LogP contribution in [0.1, 0.15) is 28.6 Å². The molecule has 0 radical (unpaired) electrons. The summed E-state index contributed by atoms with van der Waals surface area (Å²) >= 11 is 6.00. The van der Waals surface area contributed by atoms with Crippen LogP contribution in [0.3, 0.4) is 0 Å². The van der Waals surface area contributed by atoms with Crippen LogP contribution >= 0.6 is 11.6 Å². The summed E-state index contributed by atoms with van der Waals surface area (Å²) < 4.78 is 7.50. The third-order valence-electron chi connectivity index (χ3n) is 3.58. The van der Waals surface area contributed by atoms with Gasteiger partial charge < -0.3 is 10.1 Å². The molecular weight excluding hydrogens is 292 g/mol. The Balaban J connectivity index is 1.77. The van der Waals surface area contributed by atoms with Crippen LogP contribution < -0.4 is 5.32 Å². The molecule has 2 aromatic heterocycles. The average Bonchev–Trinajstić information content (AvgIpc) is 3.07. The van der Waals surface area contributed by atoms with Crippen LogP contribution in [0, 0.1) is 0 Å². The molecule has 2 aromatic rings. The van der Waals surface area contributed by atoms with Gasteiger partial charge in [-0.3, -0.25) is 14.5 Å². The van der Waals surface area contributed by atoms with Crippen molar-refractivity contribution in [2.75, 3.05) is 6.61 Å². The monoisotopic (exact) mass is 306 g/mol. The standard InChI is InChI=1S/C14H15ClN4O2/c1-19-12(3-6-17-19)13-11(4-7-21-13)18-14(20)9-2-5-16-8-10(9)15/h2-3,5-6,8,11,13H,4,7H2,1H3,(H,18,20)/t11-,13-/m0/s1. The molecule has 1 saturated heterocycles. The zero-order valence-electron chi connectivity index (χ0n) is 11.5. The summed E-state index contributed by atoms with van der Waals surface area (Å²) in [5.41, 5.74) is 1.36. The number of hydrogen-bond acceptors (Lipinski definition) is 4. The molecule has 3 heterocycles. The summed E-state index contributed by atoms with van der Waals surface area (Å²) in [4.78, 5) is 16.2. The van der Waals surface area contributed by atoms with Crippen molar-refractivity contribution in [3.05, 3.63) is 47.0 Å². The molecule has 6 nitrogen and oxygen atoms in total. The Morgan fingerprint density at radius 2 is 2.33 bits per heavy atom. The van der Waals surface area contributed by atoms with E-state index in [1.807, 2.05) is 13.1 Å². The molecule has 0 bridgehead atoms. The molecule has 1 N–H and O–H groups in total. The SMILES string of the molecule is Cn1nccc1[C@H]1OCC[C@@H]1NC(=O)c1ccncc1Cl. The van der Waals surface area contributed by atoms with E-state index in [2.05, 4.69) is 15.4 Å². The van der Waals surface area contributed by atoms with Crippen molar-refractivity contribution in [2.45, 2.75) is 18.6 Å². The van der Waals surface area contributed by atoms with E-state index in [1.54, 1.807) is 23.1 Å². The first-order valence-corrected chi connectivity index (χ1v) is 7.04. The van der Waals surface area contributed by atoms with Gasteiger partial charge in [0.15, 0.2) is 0 Å². The van der Waals surface area contributed by atoms with Gasteiger partial charge in [-0.15, -0.1) is 0 Å². The van der Waals surface area contributed by atoms with Crippen molar-refractivity contribution in [3.8, 4) is 0 Å². The number of amides is 1. The molecular formula is C14H15ClN4O2. The number of pyridine rings is 1. The number of rotatable bonds is 3. The molecule has 0 unspecified atom stereocenters. The molecule has 7 heteroatoms. The van der Waals surface area contributed by atoms with Crippen molar-refractivity contribution < 1.29 is 9.53 Å². The molecule has 1 fully saturated rings. The van der Waals surface area contributed by atoms with Crippen molar-refractivity contribution in [1.29, 1.82) is 0 Å². The first-order chi connectivity index (χ1) is 10.2. The highest BCUT2D eigenvalue weighted by atomic mass is 35.5.